The first-order valence-electron chi connectivity index (χ1n) is 5.89. The molecule has 0 spiro atoms. The summed E-state index contributed by atoms with van der Waals surface area (Å²) < 4.78 is 4.80. The lowest BCUT2D eigenvalue weighted by molar-refractivity contribution is -0.143. The van der Waals surface area contributed by atoms with Gasteiger partial charge in [0.05, 0.1) is 13.0 Å². The largest absolute Gasteiger partial charge is 0.466 e. The van der Waals surface area contributed by atoms with Gasteiger partial charge in [-0.25, -0.2) is 4.98 Å². The Morgan fingerprint density at radius 2 is 2.11 bits per heavy atom. The molecule has 0 saturated heterocycles. The SMILES string of the molecule is CCOC(=O)CCN(C)C(=O)c1cccc(C)n1. The first kappa shape index (κ1) is 14.2. The van der Waals surface area contributed by atoms with Gasteiger partial charge >= 0.3 is 5.97 Å². The highest BCUT2D eigenvalue weighted by molar-refractivity contribution is 5.92. The molecule has 5 nitrogen and oxygen atoms in total. The quantitative estimate of drug-likeness (QED) is 0.741. The molecule has 0 aliphatic rings. The number of hydrogen-bond donors (Lipinski definition) is 0. The van der Waals surface area contributed by atoms with Crippen molar-refractivity contribution >= 4 is 11.9 Å². The highest BCUT2D eigenvalue weighted by Gasteiger charge is 2.14. The van der Waals surface area contributed by atoms with Crippen molar-refractivity contribution in [2.24, 2.45) is 0 Å². The Labute approximate surface area is 107 Å². The Kier molecular flexibility index (Phi) is 5.30. The summed E-state index contributed by atoms with van der Waals surface area (Å²) in [5.41, 5.74) is 1.18. The van der Waals surface area contributed by atoms with Crippen LogP contribution in [0.2, 0.25) is 0 Å². The van der Waals surface area contributed by atoms with Crippen molar-refractivity contribution in [1.29, 1.82) is 0 Å². The van der Waals surface area contributed by atoms with Gasteiger partial charge in [-0.1, -0.05) is 6.07 Å². The van der Waals surface area contributed by atoms with Gasteiger partial charge in [0.25, 0.3) is 5.91 Å². The first-order chi connectivity index (χ1) is 8.54. The molecule has 5 heteroatoms. The van der Waals surface area contributed by atoms with E-state index in [9.17, 15) is 9.59 Å². The van der Waals surface area contributed by atoms with E-state index in [1.165, 1.54) is 4.90 Å². The van der Waals surface area contributed by atoms with E-state index in [0.29, 0.717) is 18.8 Å². The third-order valence-electron chi connectivity index (χ3n) is 2.41. The monoisotopic (exact) mass is 250 g/mol. The summed E-state index contributed by atoms with van der Waals surface area (Å²) in [5, 5.41) is 0. The number of aryl methyl sites for hydroxylation is 1. The number of esters is 1. The van der Waals surface area contributed by atoms with Crippen molar-refractivity contribution < 1.29 is 14.3 Å². The van der Waals surface area contributed by atoms with Gasteiger partial charge in [-0.3, -0.25) is 9.59 Å². The van der Waals surface area contributed by atoms with Gasteiger partial charge < -0.3 is 9.64 Å². The minimum absolute atomic E-state index is 0.192. The molecule has 1 aromatic rings. The molecule has 0 unspecified atom stereocenters. The van der Waals surface area contributed by atoms with Crippen LogP contribution in [0.3, 0.4) is 0 Å². The molecular formula is C13H18N2O3. The van der Waals surface area contributed by atoms with Gasteiger partial charge in [0.15, 0.2) is 0 Å². The van der Waals surface area contributed by atoms with Gasteiger partial charge in [-0.2, -0.15) is 0 Å². The molecule has 1 rings (SSSR count). The van der Waals surface area contributed by atoms with Crippen LogP contribution < -0.4 is 0 Å². The van der Waals surface area contributed by atoms with Crippen molar-refractivity contribution in [2.45, 2.75) is 20.3 Å². The fraction of sp³-hybridized carbons (Fsp3) is 0.462. The van der Waals surface area contributed by atoms with E-state index < -0.39 is 0 Å². The molecule has 0 N–H and O–H groups in total. The predicted octanol–water partition coefficient (Wildman–Crippen LogP) is 1.42. The summed E-state index contributed by atoms with van der Waals surface area (Å²) >= 11 is 0. The standard InChI is InChI=1S/C13H18N2O3/c1-4-18-12(16)8-9-15(3)13(17)11-7-5-6-10(2)14-11/h5-7H,4,8-9H2,1-3H3. The second-order valence-electron chi connectivity index (χ2n) is 3.95. The number of amides is 1. The molecule has 0 aliphatic carbocycles. The summed E-state index contributed by atoms with van der Waals surface area (Å²) in [6.07, 6.45) is 0.196. The fourth-order valence-electron chi connectivity index (χ4n) is 1.45. The Hall–Kier alpha value is -1.91. The second kappa shape index (κ2) is 6.74. The molecule has 0 bridgehead atoms. The molecule has 0 aromatic carbocycles. The van der Waals surface area contributed by atoms with Gasteiger partial charge in [-0.15, -0.1) is 0 Å². The fourth-order valence-corrected chi connectivity index (χ4v) is 1.45. The van der Waals surface area contributed by atoms with Gasteiger partial charge in [0.1, 0.15) is 5.69 Å². The Morgan fingerprint density at radius 3 is 2.72 bits per heavy atom. The number of carbonyl (C=O) groups is 2. The van der Waals surface area contributed by atoms with Crippen LogP contribution in [-0.4, -0.2) is 42.0 Å². The summed E-state index contributed by atoms with van der Waals surface area (Å²) in [4.78, 5) is 28.8. The number of rotatable bonds is 5. The average Bonchev–Trinajstić information content (AvgIpc) is 2.35. The molecule has 0 atom stereocenters. The molecule has 0 saturated carbocycles. The lowest BCUT2D eigenvalue weighted by Gasteiger charge is -2.16. The Bertz CT molecular complexity index is 432. The van der Waals surface area contributed by atoms with Gasteiger partial charge in [0.2, 0.25) is 0 Å². The molecule has 1 aromatic heterocycles. The topological polar surface area (TPSA) is 59.5 Å². The molecule has 0 aliphatic heterocycles. The highest BCUT2D eigenvalue weighted by Crippen LogP contribution is 2.03. The second-order valence-corrected chi connectivity index (χ2v) is 3.95. The minimum Gasteiger partial charge on any atom is -0.466 e. The lowest BCUT2D eigenvalue weighted by Crippen LogP contribution is -2.30. The summed E-state index contributed by atoms with van der Waals surface area (Å²) in [5.74, 6) is -0.489. The number of aromatic nitrogens is 1. The normalized spacial score (nSPS) is 9.94. The predicted molar refractivity (Wildman–Crippen MR) is 67.2 cm³/mol. The number of ether oxygens (including phenoxy) is 1. The van der Waals surface area contributed by atoms with Crippen LogP contribution in [0.4, 0.5) is 0 Å². The first-order valence-corrected chi connectivity index (χ1v) is 5.89. The van der Waals surface area contributed by atoms with E-state index in [-0.39, 0.29) is 18.3 Å². The van der Waals surface area contributed by atoms with Crippen LogP contribution in [-0.2, 0) is 9.53 Å². The molecule has 1 amide bonds. The Balaban J connectivity index is 2.54. The van der Waals surface area contributed by atoms with Crippen LogP contribution in [0, 0.1) is 6.92 Å². The van der Waals surface area contributed by atoms with E-state index in [1.807, 2.05) is 13.0 Å². The molecule has 98 valence electrons. The van der Waals surface area contributed by atoms with Crippen LogP contribution in [0.25, 0.3) is 0 Å². The van der Waals surface area contributed by atoms with E-state index in [2.05, 4.69) is 4.98 Å². The van der Waals surface area contributed by atoms with Crippen molar-refractivity contribution in [3.05, 3.63) is 29.6 Å². The highest BCUT2D eigenvalue weighted by atomic mass is 16.5. The number of carbonyl (C=O) groups excluding carboxylic acids is 2. The number of hydrogen-bond acceptors (Lipinski definition) is 4. The van der Waals surface area contributed by atoms with Crippen molar-refractivity contribution in [1.82, 2.24) is 9.88 Å². The zero-order chi connectivity index (χ0) is 13.5. The third-order valence-corrected chi connectivity index (χ3v) is 2.41. The molecule has 18 heavy (non-hydrogen) atoms. The van der Waals surface area contributed by atoms with Crippen molar-refractivity contribution in [2.75, 3.05) is 20.2 Å². The van der Waals surface area contributed by atoms with Gasteiger partial charge in [-0.05, 0) is 26.0 Å². The van der Waals surface area contributed by atoms with Crippen LogP contribution >= 0.6 is 0 Å². The third kappa shape index (κ3) is 4.16. The zero-order valence-corrected chi connectivity index (χ0v) is 11.0. The van der Waals surface area contributed by atoms with Crippen molar-refractivity contribution in [3.63, 3.8) is 0 Å². The molecule has 0 fully saturated rings. The van der Waals surface area contributed by atoms with E-state index in [1.54, 1.807) is 26.1 Å². The van der Waals surface area contributed by atoms with E-state index >= 15 is 0 Å². The van der Waals surface area contributed by atoms with Gasteiger partial charge in [0, 0.05) is 19.3 Å². The molecule has 0 radical (unpaired) electrons. The number of nitrogens with zero attached hydrogens (tertiary/aromatic N) is 2. The zero-order valence-electron chi connectivity index (χ0n) is 11.0. The lowest BCUT2D eigenvalue weighted by atomic mass is 10.3. The smallest absolute Gasteiger partial charge is 0.307 e. The van der Waals surface area contributed by atoms with Crippen LogP contribution in [0.1, 0.15) is 29.5 Å². The average molecular weight is 250 g/mol. The Morgan fingerprint density at radius 1 is 1.39 bits per heavy atom. The maximum atomic E-state index is 12.0. The molecular weight excluding hydrogens is 232 g/mol. The number of pyridine rings is 1. The minimum atomic E-state index is -0.297. The van der Waals surface area contributed by atoms with Crippen LogP contribution in [0.15, 0.2) is 18.2 Å². The van der Waals surface area contributed by atoms with Crippen molar-refractivity contribution in [3.8, 4) is 0 Å². The van der Waals surface area contributed by atoms with Crippen LogP contribution in [0.5, 0.6) is 0 Å². The summed E-state index contributed by atoms with van der Waals surface area (Å²) in [7, 11) is 1.64. The maximum absolute atomic E-state index is 12.0. The maximum Gasteiger partial charge on any atom is 0.307 e. The summed E-state index contributed by atoms with van der Waals surface area (Å²) in [6, 6.07) is 5.28. The summed E-state index contributed by atoms with van der Waals surface area (Å²) in [6.45, 7) is 4.27. The molecule has 1 heterocycles. The van der Waals surface area contributed by atoms with E-state index in [4.69, 9.17) is 4.74 Å². The van der Waals surface area contributed by atoms with E-state index in [0.717, 1.165) is 5.69 Å².